The van der Waals surface area contributed by atoms with Crippen LogP contribution in [-0.2, 0) is 16.5 Å². The van der Waals surface area contributed by atoms with Crippen LogP contribution >= 0.6 is 23.2 Å². The lowest BCUT2D eigenvalue weighted by atomic mass is 10.0. The fourth-order valence-corrected chi connectivity index (χ4v) is 5.27. The summed E-state index contributed by atoms with van der Waals surface area (Å²) in [6, 6.07) is 15.7. The van der Waals surface area contributed by atoms with E-state index < -0.39 is 26.7 Å². The molecule has 0 atom stereocenters. The van der Waals surface area contributed by atoms with E-state index in [-0.39, 0.29) is 28.4 Å². The number of methoxy groups -OCH3 is 1. The number of carbonyl (C=O) groups excluding carboxylic acids is 1. The number of anilines is 1. The van der Waals surface area contributed by atoms with Gasteiger partial charge in [0, 0.05) is 22.2 Å². The summed E-state index contributed by atoms with van der Waals surface area (Å²) in [5.74, 6) is -0.600. The van der Waals surface area contributed by atoms with Gasteiger partial charge in [0.2, 0.25) is 0 Å². The van der Waals surface area contributed by atoms with Gasteiger partial charge in [0.05, 0.1) is 23.4 Å². The summed E-state index contributed by atoms with van der Waals surface area (Å²) in [5.41, 5.74) is 0.879. The second-order valence-electron chi connectivity index (χ2n) is 8.08. The normalized spacial score (nSPS) is 11.7. The number of hydrogen-bond acceptors (Lipinski definition) is 7. The van der Waals surface area contributed by atoms with Crippen molar-refractivity contribution in [1.29, 1.82) is 0 Å². The minimum atomic E-state index is -4.54. The molecule has 4 aromatic rings. The van der Waals surface area contributed by atoms with E-state index in [9.17, 15) is 22.9 Å². The molecule has 0 aliphatic rings. The number of rotatable bonds is 7. The number of azo groups is 1. The first kappa shape index (κ1) is 27.3. The van der Waals surface area contributed by atoms with Gasteiger partial charge in [-0.15, -0.1) is 5.11 Å². The number of nitrogens with one attached hydrogen (secondary N) is 1. The van der Waals surface area contributed by atoms with Crippen LogP contribution in [0, 0.1) is 0 Å². The van der Waals surface area contributed by atoms with Crippen molar-refractivity contribution in [1.82, 2.24) is 0 Å². The van der Waals surface area contributed by atoms with Crippen LogP contribution in [0.5, 0.6) is 11.5 Å². The molecule has 0 saturated heterocycles. The molecule has 0 radical (unpaired) electrons. The molecule has 3 N–H and O–H groups in total. The van der Waals surface area contributed by atoms with Crippen molar-refractivity contribution in [3.8, 4) is 11.5 Å². The van der Waals surface area contributed by atoms with Gasteiger partial charge < -0.3 is 15.2 Å². The van der Waals surface area contributed by atoms with Crippen molar-refractivity contribution < 1.29 is 27.6 Å². The van der Waals surface area contributed by atoms with Gasteiger partial charge in [-0.05, 0) is 47.7 Å². The lowest BCUT2D eigenvalue weighted by molar-refractivity contribution is 0.102. The van der Waals surface area contributed by atoms with Gasteiger partial charge in [0.1, 0.15) is 16.3 Å². The highest BCUT2D eigenvalue weighted by atomic mass is 35.5. The Kier molecular flexibility index (Phi) is 7.89. The fraction of sp³-hybridized carbons (Fsp3) is 0.115. The SMILES string of the molecule is CCc1c(N=Nc2c(O)c(C(=O)Nc3cc(Cl)cc(OC)c3)cc3ccccc23)ccc(S(=O)(=O)O)c1Cl. The summed E-state index contributed by atoms with van der Waals surface area (Å²) in [6.45, 7) is 1.73. The van der Waals surface area contributed by atoms with Gasteiger partial charge >= 0.3 is 0 Å². The van der Waals surface area contributed by atoms with Crippen LogP contribution in [0.1, 0.15) is 22.8 Å². The number of halogens is 2. The lowest BCUT2D eigenvalue weighted by Crippen LogP contribution is -2.12. The summed E-state index contributed by atoms with van der Waals surface area (Å²) in [5, 5.41) is 23.5. The molecule has 0 aliphatic carbocycles. The zero-order valence-electron chi connectivity index (χ0n) is 20.1. The second-order valence-corrected chi connectivity index (χ2v) is 10.3. The molecule has 0 unspecified atom stereocenters. The molecule has 0 aromatic heterocycles. The van der Waals surface area contributed by atoms with E-state index in [4.69, 9.17) is 27.9 Å². The lowest BCUT2D eigenvalue weighted by Gasteiger charge is -2.12. The van der Waals surface area contributed by atoms with Gasteiger partial charge in [-0.1, -0.05) is 54.4 Å². The van der Waals surface area contributed by atoms with E-state index in [2.05, 4.69) is 15.5 Å². The van der Waals surface area contributed by atoms with Crippen LogP contribution in [0.15, 0.2) is 75.8 Å². The Hall–Kier alpha value is -3.70. The van der Waals surface area contributed by atoms with Crippen molar-refractivity contribution in [3.63, 3.8) is 0 Å². The highest BCUT2D eigenvalue weighted by Gasteiger charge is 2.21. The van der Waals surface area contributed by atoms with Crippen molar-refractivity contribution >= 4 is 67.1 Å². The number of aromatic hydroxyl groups is 1. The van der Waals surface area contributed by atoms with Gasteiger partial charge in [0.15, 0.2) is 5.75 Å². The maximum atomic E-state index is 13.2. The molecule has 0 spiro atoms. The maximum Gasteiger partial charge on any atom is 0.296 e. The molecule has 0 fully saturated rings. The van der Waals surface area contributed by atoms with E-state index in [0.717, 1.165) is 6.07 Å². The summed E-state index contributed by atoms with van der Waals surface area (Å²) in [7, 11) is -3.07. The van der Waals surface area contributed by atoms with Gasteiger partial charge in [-0.2, -0.15) is 13.5 Å². The summed E-state index contributed by atoms with van der Waals surface area (Å²) >= 11 is 12.3. The Labute approximate surface area is 228 Å². The number of carbonyl (C=O) groups is 1. The molecule has 12 heteroatoms. The molecule has 196 valence electrons. The number of hydrogen-bond donors (Lipinski definition) is 3. The molecule has 1 amide bonds. The highest BCUT2D eigenvalue weighted by molar-refractivity contribution is 7.86. The fourth-order valence-electron chi connectivity index (χ4n) is 3.87. The minimum absolute atomic E-state index is 0.0222. The predicted molar refractivity (Wildman–Crippen MR) is 146 cm³/mol. The molecule has 0 heterocycles. The van der Waals surface area contributed by atoms with Crippen LogP contribution in [0.3, 0.4) is 0 Å². The Bertz CT molecular complexity index is 1710. The zero-order chi connectivity index (χ0) is 27.6. The smallest absolute Gasteiger partial charge is 0.296 e. The summed E-state index contributed by atoms with van der Waals surface area (Å²) < 4.78 is 37.9. The molecular formula is C26H21Cl2N3O6S. The Morgan fingerprint density at radius 2 is 1.79 bits per heavy atom. The third-order valence-corrected chi connectivity index (χ3v) is 7.33. The van der Waals surface area contributed by atoms with Crippen molar-refractivity contribution in [2.45, 2.75) is 18.2 Å². The molecule has 38 heavy (non-hydrogen) atoms. The molecule has 0 aliphatic heterocycles. The first-order valence-corrected chi connectivity index (χ1v) is 13.3. The van der Waals surface area contributed by atoms with Gasteiger partial charge in [0.25, 0.3) is 16.0 Å². The van der Waals surface area contributed by atoms with Crippen molar-refractivity contribution in [3.05, 3.63) is 81.8 Å². The average molecular weight is 574 g/mol. The summed E-state index contributed by atoms with van der Waals surface area (Å²) in [6.07, 6.45) is 0.287. The van der Waals surface area contributed by atoms with Crippen LogP contribution in [-0.4, -0.2) is 31.1 Å². The maximum absolute atomic E-state index is 13.2. The van der Waals surface area contributed by atoms with Crippen molar-refractivity contribution in [2.24, 2.45) is 10.2 Å². The minimum Gasteiger partial charge on any atom is -0.505 e. The van der Waals surface area contributed by atoms with E-state index in [1.54, 1.807) is 43.3 Å². The van der Waals surface area contributed by atoms with Crippen LogP contribution in [0.2, 0.25) is 10.0 Å². The third kappa shape index (κ3) is 5.58. The third-order valence-electron chi connectivity index (χ3n) is 5.68. The van der Waals surface area contributed by atoms with E-state index in [1.807, 2.05) is 0 Å². The Morgan fingerprint density at radius 3 is 2.47 bits per heavy atom. The number of nitrogens with zero attached hydrogens (tertiary/aromatic N) is 2. The van der Waals surface area contributed by atoms with E-state index in [0.29, 0.717) is 32.8 Å². The highest BCUT2D eigenvalue weighted by Crippen LogP contribution is 2.41. The quantitative estimate of drug-likeness (QED) is 0.156. The average Bonchev–Trinajstić information content (AvgIpc) is 2.86. The van der Waals surface area contributed by atoms with Crippen LogP contribution in [0.25, 0.3) is 10.8 Å². The van der Waals surface area contributed by atoms with Crippen molar-refractivity contribution in [2.75, 3.05) is 12.4 Å². The van der Waals surface area contributed by atoms with Gasteiger partial charge in [-0.25, -0.2) is 0 Å². The van der Waals surface area contributed by atoms with E-state index >= 15 is 0 Å². The number of phenolic OH excluding ortho intramolecular Hbond substituents is 1. The molecule has 0 bridgehead atoms. The standard InChI is InChI=1S/C26H21Cl2N3O6S/c1-3-18-21(8-9-22(23(18)28)38(34,35)36)30-31-24-19-7-5-4-6-14(19)10-20(25(24)32)26(33)29-16-11-15(27)12-17(13-16)37-2/h4-13,32H,3H2,1-2H3,(H,29,33)(H,34,35,36). The zero-order valence-corrected chi connectivity index (χ0v) is 22.4. The topological polar surface area (TPSA) is 138 Å². The Balaban J connectivity index is 1.80. The molecular weight excluding hydrogens is 553 g/mol. The van der Waals surface area contributed by atoms with Gasteiger partial charge in [-0.3, -0.25) is 9.35 Å². The molecule has 0 saturated carbocycles. The number of fused-ring (bicyclic) bond motifs is 1. The second kappa shape index (κ2) is 11.0. The first-order chi connectivity index (χ1) is 18.0. The monoisotopic (exact) mass is 573 g/mol. The predicted octanol–water partition coefficient (Wildman–Crippen LogP) is 7.34. The largest absolute Gasteiger partial charge is 0.505 e. The van der Waals surface area contributed by atoms with Crippen LogP contribution in [0.4, 0.5) is 17.1 Å². The first-order valence-electron chi connectivity index (χ1n) is 11.1. The summed E-state index contributed by atoms with van der Waals surface area (Å²) in [4.78, 5) is 12.7. The molecule has 4 aromatic carbocycles. The van der Waals surface area contributed by atoms with E-state index in [1.165, 1.54) is 25.3 Å². The number of phenols is 1. The molecule has 4 rings (SSSR count). The Morgan fingerprint density at radius 1 is 1.05 bits per heavy atom. The van der Waals surface area contributed by atoms with Crippen LogP contribution < -0.4 is 10.1 Å². The number of ether oxygens (including phenoxy) is 1. The number of benzene rings is 4. The molecule has 9 nitrogen and oxygen atoms in total. The number of amides is 1.